The second-order valence-corrected chi connectivity index (χ2v) is 5.06. The summed E-state index contributed by atoms with van der Waals surface area (Å²) in [5.41, 5.74) is 1.18. The number of methoxy groups -OCH3 is 1. The van der Waals surface area contributed by atoms with Crippen LogP contribution >= 0.6 is 11.3 Å². The van der Waals surface area contributed by atoms with Crippen molar-refractivity contribution in [3.8, 4) is 16.5 Å². The number of nitrogens with zero attached hydrogens (tertiary/aromatic N) is 2. The van der Waals surface area contributed by atoms with Crippen LogP contribution in [0.15, 0.2) is 41.8 Å². The Hall–Kier alpha value is -2.14. The molecule has 0 fully saturated rings. The topological polar surface area (TPSA) is 50.8 Å². The summed E-state index contributed by atoms with van der Waals surface area (Å²) < 4.78 is 5.14. The van der Waals surface area contributed by atoms with Crippen molar-refractivity contribution in [3.05, 3.63) is 53.2 Å². The standard InChI is InChI=1S/C14H13N3OS/c1-18-11-6-4-10(5-7-11)9-13-15-14(17-16-13)12-3-2-8-19-12/h2-8H,9H2,1H3,(H,15,16,17). The summed E-state index contributed by atoms with van der Waals surface area (Å²) in [7, 11) is 1.67. The van der Waals surface area contributed by atoms with E-state index in [0.29, 0.717) is 0 Å². The molecule has 3 rings (SSSR count). The summed E-state index contributed by atoms with van der Waals surface area (Å²) in [5, 5.41) is 9.25. The summed E-state index contributed by atoms with van der Waals surface area (Å²) in [6.45, 7) is 0. The molecular formula is C14H13N3OS. The van der Waals surface area contributed by atoms with Crippen LogP contribution in [-0.4, -0.2) is 22.3 Å². The van der Waals surface area contributed by atoms with Gasteiger partial charge in [-0.2, -0.15) is 5.10 Å². The molecule has 0 aliphatic carbocycles. The lowest BCUT2D eigenvalue weighted by Gasteiger charge is -2.01. The van der Waals surface area contributed by atoms with Gasteiger partial charge in [0.2, 0.25) is 0 Å². The number of benzene rings is 1. The molecule has 4 nitrogen and oxygen atoms in total. The van der Waals surface area contributed by atoms with Gasteiger partial charge in [0.05, 0.1) is 12.0 Å². The van der Waals surface area contributed by atoms with Crippen molar-refractivity contribution in [2.45, 2.75) is 6.42 Å². The van der Waals surface area contributed by atoms with Gasteiger partial charge >= 0.3 is 0 Å². The third-order valence-corrected chi connectivity index (χ3v) is 3.67. The third-order valence-electron chi connectivity index (χ3n) is 2.80. The van der Waals surface area contributed by atoms with Gasteiger partial charge in [0.15, 0.2) is 5.82 Å². The number of H-pyrrole nitrogens is 1. The number of ether oxygens (including phenoxy) is 1. The highest BCUT2D eigenvalue weighted by Crippen LogP contribution is 2.21. The van der Waals surface area contributed by atoms with Crippen LogP contribution in [0.3, 0.4) is 0 Å². The summed E-state index contributed by atoms with van der Waals surface area (Å²) >= 11 is 1.64. The highest BCUT2D eigenvalue weighted by molar-refractivity contribution is 7.13. The van der Waals surface area contributed by atoms with Gasteiger partial charge in [-0.25, -0.2) is 4.98 Å². The molecule has 0 atom stereocenters. The molecule has 0 bridgehead atoms. The molecule has 0 saturated carbocycles. The zero-order valence-electron chi connectivity index (χ0n) is 10.5. The summed E-state index contributed by atoms with van der Waals surface area (Å²) in [5.74, 6) is 2.49. The minimum atomic E-state index is 0.738. The predicted octanol–water partition coefficient (Wildman–Crippen LogP) is 3.13. The molecule has 0 aliphatic heterocycles. The van der Waals surface area contributed by atoms with E-state index in [1.54, 1.807) is 18.4 Å². The van der Waals surface area contributed by atoms with Crippen molar-refractivity contribution in [1.82, 2.24) is 15.2 Å². The van der Waals surface area contributed by atoms with Crippen LogP contribution in [0, 0.1) is 0 Å². The van der Waals surface area contributed by atoms with Gasteiger partial charge in [-0.05, 0) is 29.1 Å². The van der Waals surface area contributed by atoms with Gasteiger partial charge in [-0.1, -0.05) is 18.2 Å². The summed E-state index contributed by atoms with van der Waals surface area (Å²) in [6.07, 6.45) is 0.738. The van der Waals surface area contributed by atoms with Gasteiger partial charge in [0, 0.05) is 6.42 Å². The largest absolute Gasteiger partial charge is 0.497 e. The molecule has 0 amide bonds. The van der Waals surface area contributed by atoms with E-state index < -0.39 is 0 Å². The van der Waals surface area contributed by atoms with Crippen LogP contribution in [0.25, 0.3) is 10.7 Å². The van der Waals surface area contributed by atoms with Crippen molar-refractivity contribution in [1.29, 1.82) is 0 Å². The van der Waals surface area contributed by atoms with E-state index >= 15 is 0 Å². The quantitative estimate of drug-likeness (QED) is 0.793. The first-order chi connectivity index (χ1) is 9.35. The number of nitrogens with one attached hydrogen (secondary N) is 1. The van der Waals surface area contributed by atoms with Crippen LogP contribution < -0.4 is 4.74 Å². The Bertz CT molecular complexity index is 644. The Kier molecular flexibility index (Phi) is 3.29. The third kappa shape index (κ3) is 2.66. The summed E-state index contributed by atoms with van der Waals surface area (Å²) in [6, 6.07) is 12.0. The molecule has 0 aliphatic rings. The van der Waals surface area contributed by atoms with Crippen molar-refractivity contribution in [2.24, 2.45) is 0 Å². The Morgan fingerprint density at radius 3 is 2.74 bits per heavy atom. The van der Waals surface area contributed by atoms with Crippen LogP contribution in [0.2, 0.25) is 0 Å². The van der Waals surface area contributed by atoms with E-state index in [1.165, 1.54) is 5.56 Å². The first-order valence-electron chi connectivity index (χ1n) is 5.93. The zero-order valence-corrected chi connectivity index (χ0v) is 11.3. The lowest BCUT2D eigenvalue weighted by Crippen LogP contribution is -1.91. The Morgan fingerprint density at radius 2 is 2.05 bits per heavy atom. The van der Waals surface area contributed by atoms with Crippen LogP contribution in [0.1, 0.15) is 11.4 Å². The van der Waals surface area contributed by atoms with Crippen molar-refractivity contribution in [2.75, 3.05) is 7.11 Å². The molecule has 1 aromatic carbocycles. The monoisotopic (exact) mass is 271 g/mol. The predicted molar refractivity (Wildman–Crippen MR) is 75.5 cm³/mol. The number of rotatable bonds is 4. The molecule has 19 heavy (non-hydrogen) atoms. The second-order valence-electron chi connectivity index (χ2n) is 4.11. The highest BCUT2D eigenvalue weighted by Gasteiger charge is 2.07. The molecular weight excluding hydrogens is 258 g/mol. The first kappa shape index (κ1) is 11.9. The Balaban J connectivity index is 1.76. The fourth-order valence-corrected chi connectivity index (χ4v) is 2.48. The van der Waals surface area contributed by atoms with Crippen LogP contribution in [0.5, 0.6) is 5.75 Å². The molecule has 1 N–H and O–H groups in total. The minimum absolute atomic E-state index is 0.738. The lowest BCUT2D eigenvalue weighted by molar-refractivity contribution is 0.414. The number of hydrogen-bond acceptors (Lipinski definition) is 4. The van der Waals surface area contributed by atoms with Crippen LogP contribution in [-0.2, 0) is 6.42 Å². The number of thiophene rings is 1. The maximum absolute atomic E-state index is 5.14. The van der Waals surface area contributed by atoms with Gasteiger partial charge in [0.25, 0.3) is 0 Å². The van der Waals surface area contributed by atoms with E-state index in [1.807, 2.05) is 41.8 Å². The van der Waals surface area contributed by atoms with Crippen LogP contribution in [0.4, 0.5) is 0 Å². The maximum Gasteiger partial charge on any atom is 0.191 e. The molecule has 5 heteroatoms. The maximum atomic E-state index is 5.14. The van der Waals surface area contributed by atoms with E-state index in [-0.39, 0.29) is 0 Å². The molecule has 0 radical (unpaired) electrons. The highest BCUT2D eigenvalue weighted by atomic mass is 32.1. The SMILES string of the molecule is COc1ccc(Cc2nc(-c3cccs3)n[nH]2)cc1. The second kappa shape index (κ2) is 5.24. The average Bonchev–Trinajstić information content (AvgIpc) is 3.10. The van der Waals surface area contributed by atoms with Crippen molar-refractivity contribution >= 4 is 11.3 Å². The van der Waals surface area contributed by atoms with Gasteiger partial charge in [0.1, 0.15) is 11.6 Å². The molecule has 0 spiro atoms. The van der Waals surface area contributed by atoms with Gasteiger partial charge in [-0.15, -0.1) is 11.3 Å². The number of hydrogen-bond donors (Lipinski definition) is 1. The zero-order chi connectivity index (χ0) is 13.1. The van der Waals surface area contributed by atoms with E-state index in [0.717, 1.165) is 28.7 Å². The van der Waals surface area contributed by atoms with E-state index in [9.17, 15) is 0 Å². The lowest BCUT2D eigenvalue weighted by atomic mass is 10.1. The van der Waals surface area contributed by atoms with Gasteiger partial charge < -0.3 is 4.74 Å². The van der Waals surface area contributed by atoms with E-state index in [4.69, 9.17) is 4.74 Å². The van der Waals surface area contributed by atoms with Gasteiger partial charge in [-0.3, -0.25) is 5.10 Å². The minimum Gasteiger partial charge on any atom is -0.497 e. The molecule has 0 unspecified atom stereocenters. The fourth-order valence-electron chi connectivity index (χ4n) is 1.83. The van der Waals surface area contributed by atoms with Crippen molar-refractivity contribution in [3.63, 3.8) is 0 Å². The normalized spacial score (nSPS) is 10.6. The molecule has 96 valence electrons. The van der Waals surface area contributed by atoms with Crippen molar-refractivity contribution < 1.29 is 4.74 Å². The molecule has 2 aromatic heterocycles. The Morgan fingerprint density at radius 1 is 1.21 bits per heavy atom. The molecule has 2 heterocycles. The molecule has 0 saturated heterocycles. The number of aromatic nitrogens is 3. The summed E-state index contributed by atoms with van der Waals surface area (Å²) in [4.78, 5) is 5.58. The van der Waals surface area contributed by atoms with E-state index in [2.05, 4.69) is 15.2 Å². The number of aromatic amines is 1. The first-order valence-corrected chi connectivity index (χ1v) is 6.81. The fraction of sp³-hybridized carbons (Fsp3) is 0.143. The smallest absolute Gasteiger partial charge is 0.191 e. The molecule has 3 aromatic rings. The average molecular weight is 271 g/mol. The Labute approximate surface area is 115 Å².